The number of nitrogens with two attached hydrogens (primary N) is 1. The molecule has 0 saturated heterocycles. The van der Waals surface area contributed by atoms with Gasteiger partial charge >= 0.3 is 0 Å². The molecule has 0 saturated carbocycles. The summed E-state index contributed by atoms with van der Waals surface area (Å²) in [7, 11) is 1.57. The Balaban J connectivity index is 2.41. The monoisotopic (exact) mass is 268 g/mol. The second-order valence-electron chi connectivity index (χ2n) is 3.52. The average molecular weight is 268 g/mol. The molecule has 6 heteroatoms. The molecule has 0 aromatic heterocycles. The summed E-state index contributed by atoms with van der Waals surface area (Å²) in [5.41, 5.74) is 6.21. The molecule has 0 aliphatic heterocycles. The standard InChI is InChI=1S/C12H16N2O3S/c1-16-6-5-14-11(15)8-17-10-4-2-3-9(7-10)12(13)18/h2-4,7H,5-6,8H2,1H3,(H2,13,18)(H,14,15). The number of nitrogens with one attached hydrogen (secondary N) is 1. The Hall–Kier alpha value is -1.66. The van der Waals surface area contributed by atoms with Gasteiger partial charge in [-0.25, -0.2) is 0 Å². The van der Waals surface area contributed by atoms with E-state index in [-0.39, 0.29) is 12.5 Å². The van der Waals surface area contributed by atoms with Crippen molar-refractivity contribution < 1.29 is 14.3 Å². The SMILES string of the molecule is COCCNC(=O)COc1cccc(C(N)=S)c1. The van der Waals surface area contributed by atoms with Gasteiger partial charge in [0.15, 0.2) is 6.61 Å². The maximum absolute atomic E-state index is 11.4. The summed E-state index contributed by atoms with van der Waals surface area (Å²) >= 11 is 4.86. The van der Waals surface area contributed by atoms with E-state index in [0.29, 0.717) is 29.5 Å². The van der Waals surface area contributed by atoms with Gasteiger partial charge in [0.05, 0.1) is 6.61 Å². The molecule has 98 valence electrons. The largest absolute Gasteiger partial charge is 0.484 e. The topological polar surface area (TPSA) is 73.6 Å². The summed E-state index contributed by atoms with van der Waals surface area (Å²) in [6.07, 6.45) is 0. The second kappa shape index (κ2) is 7.62. The third-order valence-corrected chi connectivity index (χ3v) is 2.35. The molecule has 18 heavy (non-hydrogen) atoms. The molecule has 0 bridgehead atoms. The lowest BCUT2D eigenvalue weighted by Crippen LogP contribution is -2.31. The number of ether oxygens (including phenoxy) is 2. The van der Waals surface area contributed by atoms with Gasteiger partial charge in [-0.3, -0.25) is 4.79 Å². The minimum absolute atomic E-state index is 0.0511. The van der Waals surface area contributed by atoms with E-state index in [2.05, 4.69) is 5.32 Å². The van der Waals surface area contributed by atoms with E-state index in [1.54, 1.807) is 31.4 Å². The highest BCUT2D eigenvalue weighted by atomic mass is 32.1. The first kappa shape index (κ1) is 14.4. The fourth-order valence-corrected chi connectivity index (χ4v) is 1.36. The van der Waals surface area contributed by atoms with Crippen LogP contribution in [0.2, 0.25) is 0 Å². The van der Waals surface area contributed by atoms with Crippen LogP contribution in [0.1, 0.15) is 5.56 Å². The average Bonchev–Trinajstić information content (AvgIpc) is 2.37. The van der Waals surface area contributed by atoms with Crippen molar-refractivity contribution in [2.75, 3.05) is 26.9 Å². The second-order valence-corrected chi connectivity index (χ2v) is 3.96. The number of carbonyl (C=O) groups is 1. The van der Waals surface area contributed by atoms with Crippen LogP contribution in [0.25, 0.3) is 0 Å². The summed E-state index contributed by atoms with van der Waals surface area (Å²) in [4.78, 5) is 11.7. The zero-order valence-corrected chi connectivity index (χ0v) is 11.0. The van der Waals surface area contributed by atoms with E-state index in [4.69, 9.17) is 27.4 Å². The lowest BCUT2D eigenvalue weighted by molar-refractivity contribution is -0.123. The molecule has 0 radical (unpaired) electrons. The first-order valence-electron chi connectivity index (χ1n) is 5.42. The number of rotatable bonds is 7. The number of methoxy groups -OCH3 is 1. The van der Waals surface area contributed by atoms with E-state index in [1.165, 1.54) is 0 Å². The summed E-state index contributed by atoms with van der Waals surface area (Å²) in [6, 6.07) is 7.00. The Morgan fingerprint density at radius 2 is 2.28 bits per heavy atom. The molecule has 0 fully saturated rings. The molecule has 0 heterocycles. The van der Waals surface area contributed by atoms with Gasteiger partial charge in [-0.15, -0.1) is 0 Å². The van der Waals surface area contributed by atoms with Crippen molar-refractivity contribution >= 4 is 23.1 Å². The zero-order chi connectivity index (χ0) is 13.4. The van der Waals surface area contributed by atoms with E-state index in [1.807, 2.05) is 0 Å². The van der Waals surface area contributed by atoms with Crippen molar-refractivity contribution in [2.24, 2.45) is 5.73 Å². The molecule has 1 aromatic rings. The van der Waals surface area contributed by atoms with Crippen molar-refractivity contribution in [1.29, 1.82) is 0 Å². The van der Waals surface area contributed by atoms with Crippen LogP contribution in [-0.4, -0.2) is 37.8 Å². The fraction of sp³-hybridized carbons (Fsp3) is 0.333. The number of thiocarbonyl (C=S) groups is 1. The number of hydrogen-bond acceptors (Lipinski definition) is 4. The van der Waals surface area contributed by atoms with Gasteiger partial charge in [0.2, 0.25) is 0 Å². The van der Waals surface area contributed by atoms with Crippen molar-refractivity contribution in [1.82, 2.24) is 5.32 Å². The Labute approximate surface area is 111 Å². The predicted octanol–water partition coefficient (Wildman–Crippen LogP) is 0.462. The van der Waals surface area contributed by atoms with Crippen molar-refractivity contribution in [3.05, 3.63) is 29.8 Å². The Morgan fingerprint density at radius 3 is 2.94 bits per heavy atom. The zero-order valence-electron chi connectivity index (χ0n) is 10.1. The quantitative estimate of drug-likeness (QED) is 0.555. The van der Waals surface area contributed by atoms with Crippen LogP contribution in [0.5, 0.6) is 5.75 Å². The van der Waals surface area contributed by atoms with Gasteiger partial charge in [0, 0.05) is 19.2 Å². The molecule has 0 aliphatic rings. The normalized spacial score (nSPS) is 9.83. The molecule has 1 rings (SSSR count). The summed E-state index contributed by atoms with van der Waals surface area (Å²) in [5.74, 6) is 0.356. The van der Waals surface area contributed by atoms with E-state index >= 15 is 0 Å². The smallest absolute Gasteiger partial charge is 0.258 e. The van der Waals surface area contributed by atoms with Crippen LogP contribution in [-0.2, 0) is 9.53 Å². The van der Waals surface area contributed by atoms with Crippen molar-refractivity contribution in [3.8, 4) is 5.75 Å². The molecule has 5 nitrogen and oxygen atoms in total. The summed E-state index contributed by atoms with van der Waals surface area (Å²) < 4.78 is 10.1. The Bertz CT molecular complexity index is 424. The van der Waals surface area contributed by atoms with Gasteiger partial charge in [0.1, 0.15) is 10.7 Å². The Morgan fingerprint density at radius 1 is 1.50 bits per heavy atom. The highest BCUT2D eigenvalue weighted by Gasteiger charge is 2.03. The minimum atomic E-state index is -0.201. The lowest BCUT2D eigenvalue weighted by Gasteiger charge is -2.08. The fourth-order valence-electron chi connectivity index (χ4n) is 1.23. The molecule has 3 N–H and O–H groups in total. The van der Waals surface area contributed by atoms with Gasteiger partial charge in [-0.05, 0) is 12.1 Å². The first-order valence-corrected chi connectivity index (χ1v) is 5.82. The van der Waals surface area contributed by atoms with Crippen molar-refractivity contribution in [3.63, 3.8) is 0 Å². The van der Waals surface area contributed by atoms with E-state index in [0.717, 1.165) is 0 Å². The van der Waals surface area contributed by atoms with Crippen LogP contribution < -0.4 is 15.8 Å². The third kappa shape index (κ3) is 5.11. The summed E-state index contributed by atoms with van der Waals surface area (Å²) in [5, 5.41) is 2.65. The first-order chi connectivity index (χ1) is 8.63. The number of hydrogen-bond donors (Lipinski definition) is 2. The van der Waals surface area contributed by atoms with Gasteiger partial charge < -0.3 is 20.5 Å². The van der Waals surface area contributed by atoms with E-state index in [9.17, 15) is 4.79 Å². The minimum Gasteiger partial charge on any atom is -0.484 e. The van der Waals surface area contributed by atoms with Gasteiger partial charge in [0.25, 0.3) is 5.91 Å². The molecular formula is C12H16N2O3S. The van der Waals surface area contributed by atoms with Crippen LogP contribution in [0, 0.1) is 0 Å². The van der Waals surface area contributed by atoms with Crippen LogP contribution >= 0.6 is 12.2 Å². The molecule has 0 aliphatic carbocycles. The molecule has 0 atom stereocenters. The maximum atomic E-state index is 11.4. The van der Waals surface area contributed by atoms with Crippen LogP contribution in [0.3, 0.4) is 0 Å². The highest BCUT2D eigenvalue weighted by molar-refractivity contribution is 7.80. The van der Waals surface area contributed by atoms with Crippen LogP contribution in [0.4, 0.5) is 0 Å². The Kier molecular flexibility index (Phi) is 6.10. The molecule has 0 unspecified atom stereocenters. The molecular weight excluding hydrogens is 252 g/mol. The maximum Gasteiger partial charge on any atom is 0.258 e. The number of amides is 1. The highest BCUT2D eigenvalue weighted by Crippen LogP contribution is 2.12. The van der Waals surface area contributed by atoms with Gasteiger partial charge in [-0.2, -0.15) is 0 Å². The molecule has 1 amide bonds. The predicted molar refractivity (Wildman–Crippen MR) is 72.7 cm³/mol. The number of carbonyl (C=O) groups excluding carboxylic acids is 1. The third-order valence-electron chi connectivity index (χ3n) is 2.12. The van der Waals surface area contributed by atoms with Crippen molar-refractivity contribution in [2.45, 2.75) is 0 Å². The van der Waals surface area contributed by atoms with Gasteiger partial charge in [-0.1, -0.05) is 24.4 Å². The van der Waals surface area contributed by atoms with E-state index < -0.39 is 0 Å². The molecule has 1 aromatic carbocycles. The lowest BCUT2D eigenvalue weighted by atomic mass is 10.2. The number of benzene rings is 1. The molecule has 0 spiro atoms. The van der Waals surface area contributed by atoms with Crippen LogP contribution in [0.15, 0.2) is 24.3 Å². The summed E-state index contributed by atoms with van der Waals surface area (Å²) in [6.45, 7) is 0.888.